The Balaban J connectivity index is 1.72. The van der Waals surface area contributed by atoms with Crippen molar-refractivity contribution in [2.24, 2.45) is 11.8 Å². The molecule has 1 aromatic heterocycles. The van der Waals surface area contributed by atoms with E-state index in [4.69, 9.17) is 18.9 Å². The number of carboxylic acids is 1. The van der Waals surface area contributed by atoms with E-state index in [1.54, 1.807) is 6.92 Å². The zero-order valence-corrected chi connectivity index (χ0v) is 19.5. The topological polar surface area (TPSA) is 146 Å². The maximum Gasteiger partial charge on any atom is 0.332 e. The number of nitrogens with one attached hydrogen (secondary N) is 1. The highest BCUT2D eigenvalue weighted by Gasteiger charge is 2.62. The number of rotatable bonds is 9. The lowest BCUT2D eigenvalue weighted by Crippen LogP contribution is -2.49. The van der Waals surface area contributed by atoms with E-state index in [9.17, 15) is 19.5 Å². The van der Waals surface area contributed by atoms with Crippen molar-refractivity contribution in [1.29, 1.82) is 0 Å². The summed E-state index contributed by atoms with van der Waals surface area (Å²) in [6, 6.07) is 1.49. The first kappa shape index (κ1) is 23.3. The van der Waals surface area contributed by atoms with Crippen LogP contribution in [0.3, 0.4) is 0 Å². The number of carboxylic acid groups (broad SMARTS) is 1. The Morgan fingerprint density at radius 1 is 1.19 bits per heavy atom. The molecule has 2 N–H and O–H groups in total. The molecule has 11 nitrogen and oxygen atoms in total. The quantitative estimate of drug-likeness (QED) is 0.260. The molecule has 2 aliphatic carbocycles. The standard InChI is InChI=1S/C19H24IN3O8/c1-4-30-17(27)19(8-12(19)20)23-15(24)10-5-9(6-11(10)16(25)26)31-14-7-13(28-2)21-18(22-14)29-3/h7,9-12H,4-6,8H2,1-3H3,(H,23,24)(H,25,26)/t9-,10-,11-,12-,19-/m1/s1. The van der Waals surface area contributed by atoms with Crippen LogP contribution in [0.1, 0.15) is 26.2 Å². The summed E-state index contributed by atoms with van der Waals surface area (Å²) >= 11 is 2.08. The van der Waals surface area contributed by atoms with Crippen LogP contribution in [0.15, 0.2) is 6.07 Å². The van der Waals surface area contributed by atoms with Gasteiger partial charge in [0, 0.05) is 3.92 Å². The van der Waals surface area contributed by atoms with E-state index in [1.807, 2.05) is 0 Å². The van der Waals surface area contributed by atoms with Crippen molar-refractivity contribution in [3.05, 3.63) is 6.07 Å². The van der Waals surface area contributed by atoms with Gasteiger partial charge in [-0.2, -0.15) is 9.97 Å². The number of carbonyl (C=O) groups is 3. The van der Waals surface area contributed by atoms with Crippen LogP contribution in [0.2, 0.25) is 0 Å². The molecular weight excluding hydrogens is 525 g/mol. The van der Waals surface area contributed by atoms with Crippen LogP contribution in [0, 0.1) is 11.8 Å². The molecular formula is C19H24IN3O8. The lowest BCUT2D eigenvalue weighted by Gasteiger charge is -2.21. The first-order chi connectivity index (χ1) is 14.7. The van der Waals surface area contributed by atoms with E-state index in [2.05, 4.69) is 37.9 Å². The first-order valence-corrected chi connectivity index (χ1v) is 11.0. The predicted molar refractivity (Wildman–Crippen MR) is 113 cm³/mol. The molecule has 0 aromatic carbocycles. The summed E-state index contributed by atoms with van der Waals surface area (Å²) < 4.78 is 20.9. The second-order valence-electron chi connectivity index (χ2n) is 7.35. The van der Waals surface area contributed by atoms with E-state index in [0.29, 0.717) is 6.42 Å². The van der Waals surface area contributed by atoms with Crippen LogP contribution in [-0.4, -0.2) is 69.3 Å². The Labute approximate surface area is 192 Å². The lowest BCUT2D eigenvalue weighted by molar-refractivity contribution is -0.150. The van der Waals surface area contributed by atoms with Gasteiger partial charge in [0.2, 0.25) is 17.7 Å². The van der Waals surface area contributed by atoms with Crippen LogP contribution in [0.5, 0.6) is 17.8 Å². The summed E-state index contributed by atoms with van der Waals surface area (Å²) in [5.41, 5.74) is -1.09. The molecule has 5 atom stereocenters. The van der Waals surface area contributed by atoms with Crippen molar-refractivity contribution in [2.75, 3.05) is 20.8 Å². The fourth-order valence-electron chi connectivity index (χ4n) is 3.65. The molecule has 170 valence electrons. The Morgan fingerprint density at radius 2 is 1.84 bits per heavy atom. The second kappa shape index (κ2) is 9.40. The molecule has 12 heteroatoms. The third-order valence-corrected chi connectivity index (χ3v) is 6.88. The van der Waals surface area contributed by atoms with Crippen molar-refractivity contribution < 1.29 is 38.4 Å². The lowest BCUT2D eigenvalue weighted by atomic mass is 9.95. The molecule has 2 saturated carbocycles. The number of carbonyl (C=O) groups excluding carboxylic acids is 2. The van der Waals surface area contributed by atoms with Crippen LogP contribution in [0.4, 0.5) is 0 Å². The van der Waals surface area contributed by atoms with Crippen molar-refractivity contribution in [3.63, 3.8) is 0 Å². The molecule has 0 saturated heterocycles. The highest BCUT2D eigenvalue weighted by Crippen LogP contribution is 2.45. The highest BCUT2D eigenvalue weighted by molar-refractivity contribution is 14.1. The summed E-state index contributed by atoms with van der Waals surface area (Å²) in [4.78, 5) is 45.1. The zero-order valence-electron chi connectivity index (χ0n) is 17.3. The average molecular weight is 549 g/mol. The predicted octanol–water partition coefficient (Wildman–Crippen LogP) is 0.977. The van der Waals surface area contributed by atoms with Gasteiger partial charge in [0.15, 0.2) is 5.54 Å². The smallest absolute Gasteiger partial charge is 0.332 e. The molecule has 0 spiro atoms. The number of alkyl halides is 1. The molecule has 3 rings (SSSR count). The van der Waals surface area contributed by atoms with Crippen LogP contribution < -0.4 is 19.5 Å². The second-order valence-corrected chi connectivity index (χ2v) is 8.85. The number of aromatic nitrogens is 2. The van der Waals surface area contributed by atoms with E-state index >= 15 is 0 Å². The van der Waals surface area contributed by atoms with Gasteiger partial charge >= 0.3 is 17.9 Å². The molecule has 2 aliphatic rings. The molecule has 0 bridgehead atoms. The number of ether oxygens (including phenoxy) is 4. The number of esters is 1. The number of amides is 1. The monoisotopic (exact) mass is 549 g/mol. The van der Waals surface area contributed by atoms with Crippen molar-refractivity contribution in [2.45, 2.75) is 41.8 Å². The van der Waals surface area contributed by atoms with E-state index < -0.39 is 41.3 Å². The summed E-state index contributed by atoms with van der Waals surface area (Å²) in [7, 11) is 2.83. The summed E-state index contributed by atoms with van der Waals surface area (Å²) in [6.45, 7) is 1.89. The molecule has 31 heavy (non-hydrogen) atoms. The van der Waals surface area contributed by atoms with Crippen LogP contribution >= 0.6 is 22.6 Å². The zero-order chi connectivity index (χ0) is 22.8. The van der Waals surface area contributed by atoms with Gasteiger partial charge in [0.05, 0.1) is 38.7 Å². The fraction of sp³-hybridized carbons (Fsp3) is 0.632. The van der Waals surface area contributed by atoms with Gasteiger partial charge in [-0.15, -0.1) is 0 Å². The minimum absolute atomic E-state index is 0.0367. The average Bonchev–Trinajstić information content (AvgIpc) is 3.19. The number of aliphatic carboxylic acids is 1. The summed E-state index contributed by atoms with van der Waals surface area (Å²) in [5, 5.41) is 12.4. The number of methoxy groups -OCH3 is 2. The van der Waals surface area contributed by atoms with Gasteiger partial charge in [0.25, 0.3) is 0 Å². The van der Waals surface area contributed by atoms with E-state index in [-0.39, 0.29) is 41.1 Å². The minimum Gasteiger partial charge on any atom is -0.481 e. The Morgan fingerprint density at radius 3 is 2.39 bits per heavy atom. The highest BCUT2D eigenvalue weighted by atomic mass is 127. The van der Waals surface area contributed by atoms with E-state index in [1.165, 1.54) is 20.3 Å². The molecule has 0 aliphatic heterocycles. The SMILES string of the molecule is CCOC(=O)[C@@]1(NC(=O)[C@@H]2C[C@@H](Oc3cc(OC)nc(OC)n3)C[C@H]2C(=O)O)C[C@H]1I. The molecule has 1 aromatic rings. The van der Waals surface area contributed by atoms with Crippen LogP contribution in [0.25, 0.3) is 0 Å². The number of hydrogen-bond acceptors (Lipinski definition) is 9. The number of nitrogens with zero attached hydrogens (tertiary/aromatic N) is 2. The first-order valence-electron chi connectivity index (χ1n) is 9.73. The van der Waals surface area contributed by atoms with Crippen molar-refractivity contribution in [1.82, 2.24) is 15.3 Å². The number of hydrogen-bond donors (Lipinski definition) is 2. The Hall–Kier alpha value is -2.38. The Bertz CT molecular complexity index is 846. The van der Waals surface area contributed by atoms with Gasteiger partial charge in [0.1, 0.15) is 6.10 Å². The minimum atomic E-state index is -1.10. The summed E-state index contributed by atoms with van der Waals surface area (Å²) in [5.74, 6) is -3.54. The van der Waals surface area contributed by atoms with E-state index in [0.717, 1.165) is 0 Å². The van der Waals surface area contributed by atoms with Gasteiger partial charge in [-0.3, -0.25) is 9.59 Å². The summed E-state index contributed by atoms with van der Waals surface area (Å²) in [6.07, 6.45) is 0.141. The normalized spacial score (nSPS) is 29.0. The van der Waals surface area contributed by atoms with Gasteiger partial charge in [-0.05, 0) is 26.2 Å². The van der Waals surface area contributed by atoms with Gasteiger partial charge in [-0.1, -0.05) is 22.6 Å². The van der Waals surface area contributed by atoms with Gasteiger partial charge < -0.3 is 29.4 Å². The molecule has 0 radical (unpaired) electrons. The maximum atomic E-state index is 13.0. The van der Waals surface area contributed by atoms with Crippen molar-refractivity contribution >= 4 is 40.4 Å². The molecule has 1 heterocycles. The fourth-order valence-corrected chi connectivity index (χ4v) is 4.75. The van der Waals surface area contributed by atoms with Crippen LogP contribution in [-0.2, 0) is 19.1 Å². The third-order valence-electron chi connectivity index (χ3n) is 5.37. The van der Waals surface area contributed by atoms with Crippen molar-refractivity contribution in [3.8, 4) is 17.8 Å². The largest absolute Gasteiger partial charge is 0.481 e. The number of halogens is 1. The molecule has 0 unspecified atom stereocenters. The molecule has 2 fully saturated rings. The molecule has 1 amide bonds. The Kier molecular flexibility index (Phi) is 7.06. The third kappa shape index (κ3) is 4.93. The van der Waals surface area contributed by atoms with Gasteiger partial charge in [-0.25, -0.2) is 4.79 Å². The maximum absolute atomic E-state index is 13.0.